The van der Waals surface area contributed by atoms with Crippen LogP contribution in [0.3, 0.4) is 0 Å². The Hall–Kier alpha value is -3.22. The summed E-state index contributed by atoms with van der Waals surface area (Å²) >= 11 is 0. The molecule has 0 fully saturated rings. The maximum Gasteiger partial charge on any atom is 0.333 e. The Morgan fingerprint density at radius 3 is 2.22 bits per heavy atom. The van der Waals surface area contributed by atoms with Crippen LogP contribution in [0.5, 0.6) is 0 Å². The van der Waals surface area contributed by atoms with E-state index in [0.717, 1.165) is 5.56 Å². The molecule has 1 N–H and O–H groups in total. The third kappa shape index (κ3) is 2.89. The van der Waals surface area contributed by atoms with E-state index >= 15 is 0 Å². The van der Waals surface area contributed by atoms with E-state index in [2.05, 4.69) is 4.98 Å². The molecule has 0 bridgehead atoms. The summed E-state index contributed by atoms with van der Waals surface area (Å²) in [6.45, 7) is 0. The van der Waals surface area contributed by atoms with Crippen LogP contribution >= 0.6 is 0 Å². The van der Waals surface area contributed by atoms with Crippen LogP contribution in [-0.4, -0.2) is 27.8 Å². The number of hydrogen-bond donors (Lipinski definition) is 1. The molecule has 0 unspecified atom stereocenters. The number of amides is 2. The van der Waals surface area contributed by atoms with Crippen molar-refractivity contribution in [1.29, 1.82) is 0 Å². The molecule has 3 rings (SSSR count). The maximum absolute atomic E-state index is 12.0. The molecule has 2 amide bonds. The van der Waals surface area contributed by atoms with Crippen molar-refractivity contribution in [1.82, 2.24) is 10.0 Å². The minimum atomic E-state index is -0.703. The summed E-state index contributed by atoms with van der Waals surface area (Å²) in [5.74, 6) is -2.00. The van der Waals surface area contributed by atoms with Gasteiger partial charge in [0, 0.05) is 12.3 Å². The summed E-state index contributed by atoms with van der Waals surface area (Å²) in [5.41, 5.74) is 0.933. The molecule has 1 aromatic heterocycles. The second-order valence-corrected chi connectivity index (χ2v) is 4.97. The van der Waals surface area contributed by atoms with E-state index in [1.807, 2.05) is 0 Å². The number of hydroxylamine groups is 2. The van der Waals surface area contributed by atoms with Crippen LogP contribution in [0.25, 0.3) is 0 Å². The van der Waals surface area contributed by atoms with E-state index in [-0.39, 0.29) is 23.1 Å². The lowest BCUT2D eigenvalue weighted by molar-refractivity contribution is -0.168. The summed E-state index contributed by atoms with van der Waals surface area (Å²) in [7, 11) is 0. The van der Waals surface area contributed by atoms with Crippen LogP contribution in [-0.2, 0) is 16.1 Å². The Morgan fingerprint density at radius 1 is 1.00 bits per heavy atom. The maximum atomic E-state index is 12.0. The van der Waals surface area contributed by atoms with Crippen molar-refractivity contribution in [2.75, 3.05) is 0 Å². The molecular weight excluding hydrogens is 300 g/mol. The number of benzene rings is 1. The SMILES string of the molecule is O=C(CCc1ccc(=O)[nH]c1)ON1C(=O)c2ccccc2C1=O. The smallest absolute Gasteiger partial charge is 0.330 e. The first-order valence-electron chi connectivity index (χ1n) is 6.92. The standard InChI is InChI=1S/C16H12N2O5/c19-13-7-5-10(9-17-13)6-8-14(20)23-18-15(21)11-3-1-2-4-12(11)16(18)22/h1-5,7,9H,6,8H2,(H,17,19). The molecule has 0 spiro atoms. The fourth-order valence-corrected chi connectivity index (χ4v) is 2.24. The molecule has 0 radical (unpaired) electrons. The highest BCUT2D eigenvalue weighted by atomic mass is 16.7. The topological polar surface area (TPSA) is 96.5 Å². The van der Waals surface area contributed by atoms with Gasteiger partial charge in [0.2, 0.25) is 5.56 Å². The van der Waals surface area contributed by atoms with Crippen LogP contribution < -0.4 is 5.56 Å². The summed E-state index contributed by atoms with van der Waals surface area (Å²) in [4.78, 5) is 54.3. The Kier molecular flexibility index (Phi) is 3.76. The number of nitrogens with one attached hydrogen (secondary N) is 1. The van der Waals surface area contributed by atoms with Crippen LogP contribution in [0, 0.1) is 0 Å². The number of aromatic amines is 1. The Labute approximate surface area is 130 Å². The van der Waals surface area contributed by atoms with Crippen LogP contribution in [0.2, 0.25) is 0 Å². The van der Waals surface area contributed by atoms with Gasteiger partial charge in [-0.05, 0) is 24.1 Å². The van der Waals surface area contributed by atoms with Gasteiger partial charge in [0.05, 0.1) is 17.5 Å². The van der Waals surface area contributed by atoms with E-state index in [0.29, 0.717) is 11.5 Å². The molecule has 1 aromatic carbocycles. The average molecular weight is 312 g/mol. The quantitative estimate of drug-likeness (QED) is 0.852. The second kappa shape index (κ2) is 5.88. The number of H-pyrrole nitrogens is 1. The fraction of sp³-hybridized carbons (Fsp3) is 0.125. The second-order valence-electron chi connectivity index (χ2n) is 4.97. The zero-order valence-corrected chi connectivity index (χ0v) is 11.9. The summed E-state index contributed by atoms with van der Waals surface area (Å²) < 4.78 is 0. The van der Waals surface area contributed by atoms with Crippen LogP contribution in [0.4, 0.5) is 0 Å². The molecule has 0 saturated heterocycles. The zero-order valence-electron chi connectivity index (χ0n) is 11.9. The third-order valence-electron chi connectivity index (χ3n) is 3.42. The number of carbonyl (C=O) groups excluding carboxylic acids is 3. The number of aryl methyl sites for hydroxylation is 1. The molecule has 0 aliphatic carbocycles. The summed E-state index contributed by atoms with van der Waals surface area (Å²) in [5, 5.41) is 0.486. The Morgan fingerprint density at radius 2 is 1.65 bits per heavy atom. The summed E-state index contributed by atoms with van der Waals surface area (Å²) in [6, 6.07) is 9.21. The van der Waals surface area contributed by atoms with E-state index in [1.54, 1.807) is 18.2 Å². The first-order chi connectivity index (χ1) is 11.1. The zero-order chi connectivity index (χ0) is 16.4. The first-order valence-corrected chi connectivity index (χ1v) is 6.92. The molecule has 7 nitrogen and oxygen atoms in total. The number of imide groups is 1. The molecule has 1 aliphatic rings. The minimum absolute atomic E-state index is 0.0283. The van der Waals surface area contributed by atoms with Gasteiger partial charge in [-0.2, -0.15) is 0 Å². The van der Waals surface area contributed by atoms with Gasteiger partial charge in [-0.15, -0.1) is 0 Å². The van der Waals surface area contributed by atoms with Gasteiger partial charge in [0.25, 0.3) is 11.8 Å². The van der Waals surface area contributed by atoms with Crippen molar-refractivity contribution in [2.45, 2.75) is 12.8 Å². The van der Waals surface area contributed by atoms with Gasteiger partial charge in [0.1, 0.15) is 0 Å². The predicted molar refractivity (Wildman–Crippen MR) is 78.4 cm³/mol. The highest BCUT2D eigenvalue weighted by molar-refractivity contribution is 6.20. The number of nitrogens with zero attached hydrogens (tertiary/aromatic N) is 1. The number of carbonyl (C=O) groups is 3. The normalized spacial score (nSPS) is 13.1. The van der Waals surface area contributed by atoms with Crippen LogP contribution in [0.15, 0.2) is 47.4 Å². The lowest BCUT2D eigenvalue weighted by Crippen LogP contribution is -2.32. The molecular formula is C16H12N2O5. The molecule has 7 heteroatoms. The van der Waals surface area contributed by atoms with Crippen molar-refractivity contribution < 1.29 is 19.2 Å². The first kappa shape index (κ1) is 14.7. The molecule has 0 atom stereocenters. The van der Waals surface area contributed by atoms with Crippen molar-refractivity contribution in [3.63, 3.8) is 0 Å². The number of rotatable bonds is 4. The minimum Gasteiger partial charge on any atom is -0.330 e. The highest BCUT2D eigenvalue weighted by Crippen LogP contribution is 2.22. The number of hydrogen-bond acceptors (Lipinski definition) is 5. The lowest BCUT2D eigenvalue weighted by atomic mass is 10.1. The highest BCUT2D eigenvalue weighted by Gasteiger charge is 2.38. The molecule has 2 heterocycles. The largest absolute Gasteiger partial charge is 0.333 e. The number of aromatic nitrogens is 1. The van der Waals surface area contributed by atoms with Crippen molar-refractivity contribution in [3.05, 3.63) is 69.6 Å². The van der Waals surface area contributed by atoms with Gasteiger partial charge < -0.3 is 9.82 Å². The average Bonchev–Trinajstić information content (AvgIpc) is 2.80. The number of pyridine rings is 1. The molecule has 23 heavy (non-hydrogen) atoms. The third-order valence-corrected chi connectivity index (χ3v) is 3.42. The van der Waals surface area contributed by atoms with Gasteiger partial charge >= 0.3 is 5.97 Å². The monoisotopic (exact) mass is 312 g/mol. The van der Waals surface area contributed by atoms with E-state index in [4.69, 9.17) is 4.84 Å². The van der Waals surface area contributed by atoms with Gasteiger partial charge in [0.15, 0.2) is 0 Å². The molecule has 0 saturated carbocycles. The van der Waals surface area contributed by atoms with Crippen molar-refractivity contribution >= 4 is 17.8 Å². The van der Waals surface area contributed by atoms with Crippen molar-refractivity contribution in [2.24, 2.45) is 0 Å². The Bertz CT molecular complexity index is 800. The van der Waals surface area contributed by atoms with Crippen molar-refractivity contribution in [3.8, 4) is 0 Å². The van der Waals surface area contributed by atoms with E-state index in [9.17, 15) is 19.2 Å². The van der Waals surface area contributed by atoms with E-state index < -0.39 is 17.8 Å². The molecule has 1 aliphatic heterocycles. The summed E-state index contributed by atoms with van der Waals surface area (Å²) in [6.07, 6.45) is 1.79. The lowest BCUT2D eigenvalue weighted by Gasteiger charge is -2.12. The van der Waals surface area contributed by atoms with Gasteiger partial charge in [-0.1, -0.05) is 23.3 Å². The predicted octanol–water partition coefficient (Wildman–Crippen LogP) is 1.06. The number of fused-ring (bicyclic) bond motifs is 1. The van der Waals surface area contributed by atoms with Gasteiger partial charge in [-0.3, -0.25) is 14.4 Å². The fourth-order valence-electron chi connectivity index (χ4n) is 2.24. The Balaban J connectivity index is 1.63. The molecule has 116 valence electrons. The van der Waals surface area contributed by atoms with Crippen LogP contribution in [0.1, 0.15) is 32.7 Å². The van der Waals surface area contributed by atoms with Gasteiger partial charge in [-0.25, -0.2) is 4.79 Å². The molecule has 2 aromatic rings. The van der Waals surface area contributed by atoms with E-state index in [1.165, 1.54) is 24.4 Å².